The zero-order valence-corrected chi connectivity index (χ0v) is 17.1. The molecular formula is C21H43OS+. The van der Waals surface area contributed by atoms with Crippen molar-refractivity contribution in [2.75, 3.05) is 18.6 Å². The predicted molar refractivity (Wildman–Crippen MR) is 108 cm³/mol. The molecule has 2 atom stereocenters. The Bertz CT molecular complexity index is 248. The molecule has 1 fully saturated rings. The number of hydrogen-bond donors (Lipinski definition) is 0. The molecule has 2 unspecified atom stereocenters. The third-order valence-corrected chi connectivity index (χ3v) is 7.86. The molecule has 0 N–H and O–H groups in total. The maximum Gasteiger partial charge on any atom is 0.112 e. The van der Waals surface area contributed by atoms with Crippen molar-refractivity contribution in [3.63, 3.8) is 0 Å². The van der Waals surface area contributed by atoms with Crippen molar-refractivity contribution in [3.8, 4) is 0 Å². The van der Waals surface area contributed by atoms with E-state index < -0.39 is 0 Å². The molecule has 1 nitrogen and oxygen atoms in total. The Morgan fingerprint density at radius 3 is 1.91 bits per heavy atom. The second-order valence-electron chi connectivity index (χ2n) is 7.76. The lowest BCUT2D eigenvalue weighted by Crippen LogP contribution is -2.18. The van der Waals surface area contributed by atoms with Gasteiger partial charge >= 0.3 is 0 Å². The Morgan fingerprint density at radius 1 is 0.826 bits per heavy atom. The van der Waals surface area contributed by atoms with Crippen molar-refractivity contribution in [1.82, 2.24) is 0 Å². The molecule has 0 aliphatic carbocycles. The first-order chi connectivity index (χ1) is 11.2. The van der Waals surface area contributed by atoms with Crippen LogP contribution in [-0.4, -0.2) is 30.0 Å². The highest BCUT2D eigenvalue weighted by atomic mass is 32.2. The fourth-order valence-electron chi connectivity index (χ4n) is 3.39. The van der Waals surface area contributed by atoms with E-state index in [1.54, 1.807) is 0 Å². The summed E-state index contributed by atoms with van der Waals surface area (Å²) in [5.41, 5.74) is 0. The number of ether oxygens (including phenoxy) is 1. The predicted octanol–water partition coefficient (Wildman–Crippen LogP) is 6.50. The van der Waals surface area contributed by atoms with Crippen LogP contribution in [0.15, 0.2) is 0 Å². The first-order valence-corrected chi connectivity index (χ1v) is 12.3. The summed E-state index contributed by atoms with van der Waals surface area (Å²) in [6.45, 7) is 5.75. The molecule has 1 rings (SSSR count). The monoisotopic (exact) mass is 343 g/mol. The van der Waals surface area contributed by atoms with E-state index in [2.05, 4.69) is 20.1 Å². The summed E-state index contributed by atoms with van der Waals surface area (Å²) in [6.07, 6.45) is 22.8. The van der Waals surface area contributed by atoms with Crippen LogP contribution in [0.2, 0.25) is 0 Å². The third-order valence-electron chi connectivity index (χ3n) is 5.32. The number of rotatable bonds is 14. The van der Waals surface area contributed by atoms with Gasteiger partial charge in [0, 0.05) is 6.61 Å². The highest BCUT2D eigenvalue weighted by Crippen LogP contribution is 2.19. The minimum Gasteiger partial charge on any atom is -0.378 e. The van der Waals surface area contributed by atoms with E-state index in [0.29, 0.717) is 17.0 Å². The summed E-state index contributed by atoms with van der Waals surface area (Å²) in [5, 5.41) is 0.889. The van der Waals surface area contributed by atoms with Crippen LogP contribution in [0.3, 0.4) is 0 Å². The average molecular weight is 344 g/mol. The van der Waals surface area contributed by atoms with Gasteiger partial charge in [0.2, 0.25) is 0 Å². The van der Waals surface area contributed by atoms with Crippen molar-refractivity contribution in [2.45, 2.75) is 115 Å². The van der Waals surface area contributed by atoms with Gasteiger partial charge in [0.25, 0.3) is 0 Å². The molecule has 0 radical (unpaired) electrons. The Hall–Kier alpha value is 0.310. The number of unbranched alkanes of at least 4 members (excludes halogenated alkanes) is 9. The summed E-state index contributed by atoms with van der Waals surface area (Å²) < 4.78 is 5.80. The molecule has 1 aliphatic heterocycles. The second-order valence-corrected chi connectivity index (χ2v) is 10.5. The van der Waals surface area contributed by atoms with Crippen LogP contribution >= 0.6 is 0 Å². The van der Waals surface area contributed by atoms with Crippen LogP contribution in [0.4, 0.5) is 0 Å². The average Bonchev–Trinajstić information content (AvgIpc) is 2.56. The fourth-order valence-corrected chi connectivity index (χ4v) is 4.52. The van der Waals surface area contributed by atoms with Gasteiger partial charge in [0.1, 0.15) is 11.0 Å². The van der Waals surface area contributed by atoms with Crippen LogP contribution in [0.5, 0.6) is 0 Å². The summed E-state index contributed by atoms with van der Waals surface area (Å²) in [4.78, 5) is 0. The van der Waals surface area contributed by atoms with Gasteiger partial charge in [-0.1, -0.05) is 51.4 Å². The molecule has 1 heterocycles. The van der Waals surface area contributed by atoms with Gasteiger partial charge in [0.05, 0.1) is 12.4 Å². The smallest absolute Gasteiger partial charge is 0.112 e. The molecule has 0 aromatic heterocycles. The Kier molecular flexibility index (Phi) is 13.6. The van der Waals surface area contributed by atoms with E-state index in [0.717, 1.165) is 11.9 Å². The minimum atomic E-state index is 0.600. The van der Waals surface area contributed by atoms with Crippen molar-refractivity contribution in [2.24, 2.45) is 0 Å². The maximum absolute atomic E-state index is 5.80. The fraction of sp³-hybridized carbons (Fsp3) is 1.00. The second kappa shape index (κ2) is 14.6. The van der Waals surface area contributed by atoms with Crippen molar-refractivity contribution < 1.29 is 4.74 Å². The normalized spacial score (nSPS) is 20.1. The summed E-state index contributed by atoms with van der Waals surface area (Å²) in [6, 6.07) is 0. The Morgan fingerprint density at radius 2 is 1.39 bits per heavy atom. The van der Waals surface area contributed by atoms with Crippen molar-refractivity contribution >= 4 is 10.9 Å². The molecule has 0 amide bonds. The largest absolute Gasteiger partial charge is 0.378 e. The first kappa shape index (κ1) is 21.4. The van der Waals surface area contributed by atoms with Gasteiger partial charge in [-0.2, -0.15) is 0 Å². The lowest BCUT2D eigenvalue weighted by molar-refractivity contribution is 0.00977. The molecule has 0 saturated carbocycles. The third kappa shape index (κ3) is 12.3. The SMILES string of the molecule is CC(C)[S+](C)CCCCCCCCCCCCC1CCCCO1. The Balaban J connectivity index is 1.73. The molecule has 0 spiro atoms. The first-order valence-electron chi connectivity index (χ1n) is 10.4. The van der Waals surface area contributed by atoms with E-state index in [1.165, 1.54) is 95.6 Å². The Labute approximate surface area is 149 Å². The topological polar surface area (TPSA) is 9.23 Å². The maximum atomic E-state index is 5.80. The molecule has 1 saturated heterocycles. The zero-order valence-electron chi connectivity index (χ0n) is 16.3. The van der Waals surface area contributed by atoms with Crippen molar-refractivity contribution in [1.29, 1.82) is 0 Å². The minimum absolute atomic E-state index is 0.600. The van der Waals surface area contributed by atoms with Crippen molar-refractivity contribution in [3.05, 3.63) is 0 Å². The summed E-state index contributed by atoms with van der Waals surface area (Å²) in [7, 11) is 0.654. The van der Waals surface area contributed by atoms with Crippen LogP contribution in [0.1, 0.15) is 104 Å². The molecular weight excluding hydrogens is 300 g/mol. The molecule has 0 aromatic rings. The van der Waals surface area contributed by atoms with Crippen LogP contribution in [0.25, 0.3) is 0 Å². The van der Waals surface area contributed by atoms with Gasteiger partial charge in [-0.15, -0.1) is 0 Å². The highest BCUT2D eigenvalue weighted by molar-refractivity contribution is 7.96. The zero-order chi connectivity index (χ0) is 16.8. The molecule has 0 aromatic carbocycles. The molecule has 0 bridgehead atoms. The summed E-state index contributed by atoms with van der Waals surface area (Å²) in [5.74, 6) is 1.46. The van der Waals surface area contributed by atoms with Crippen LogP contribution in [0, 0.1) is 0 Å². The van der Waals surface area contributed by atoms with Crippen LogP contribution in [-0.2, 0) is 15.6 Å². The standard InChI is InChI=1S/C21H43OS/c1-20(2)23(3)19-15-11-9-7-5-4-6-8-10-12-16-21-17-13-14-18-22-21/h20-21H,4-19H2,1-3H3/q+1. The van der Waals surface area contributed by atoms with Gasteiger partial charge in [-0.05, 0) is 63.3 Å². The lowest BCUT2D eigenvalue weighted by atomic mass is 10.0. The number of hydrogen-bond acceptors (Lipinski definition) is 1. The highest BCUT2D eigenvalue weighted by Gasteiger charge is 2.14. The van der Waals surface area contributed by atoms with E-state index in [4.69, 9.17) is 4.74 Å². The van der Waals surface area contributed by atoms with E-state index >= 15 is 0 Å². The van der Waals surface area contributed by atoms with E-state index in [-0.39, 0.29) is 0 Å². The lowest BCUT2D eigenvalue weighted by Gasteiger charge is -2.22. The molecule has 138 valence electrons. The van der Waals surface area contributed by atoms with Gasteiger partial charge in [-0.3, -0.25) is 0 Å². The molecule has 1 aliphatic rings. The van der Waals surface area contributed by atoms with E-state index in [1.807, 2.05) is 0 Å². The van der Waals surface area contributed by atoms with Crippen LogP contribution < -0.4 is 0 Å². The van der Waals surface area contributed by atoms with Gasteiger partial charge in [-0.25, -0.2) is 0 Å². The quantitative estimate of drug-likeness (QED) is 0.258. The van der Waals surface area contributed by atoms with E-state index in [9.17, 15) is 0 Å². The summed E-state index contributed by atoms with van der Waals surface area (Å²) >= 11 is 0. The molecule has 2 heteroatoms. The van der Waals surface area contributed by atoms with Gasteiger partial charge < -0.3 is 4.74 Å². The molecule has 23 heavy (non-hydrogen) atoms. The van der Waals surface area contributed by atoms with Gasteiger partial charge in [0.15, 0.2) is 0 Å².